The lowest BCUT2D eigenvalue weighted by Gasteiger charge is -2.22. The summed E-state index contributed by atoms with van der Waals surface area (Å²) in [7, 11) is 0. The minimum Gasteiger partial charge on any atom is -0.370 e. The number of carbonyl (C=O) groups excluding carboxylic acids is 1. The molecule has 2 unspecified atom stereocenters. The SMILES string of the molecule is CC(=O)c1ccc(C#N)cc1N1CC2CCCC2C1. The number of carbonyl (C=O) groups is 1. The summed E-state index contributed by atoms with van der Waals surface area (Å²) < 4.78 is 0. The Kier molecular flexibility index (Phi) is 3.02. The number of nitriles is 1. The minimum absolute atomic E-state index is 0.0801. The van der Waals surface area contributed by atoms with Crippen molar-refractivity contribution in [2.75, 3.05) is 18.0 Å². The topological polar surface area (TPSA) is 44.1 Å². The fourth-order valence-corrected chi connectivity index (χ4v) is 3.59. The Morgan fingerprint density at radius 2 is 2.00 bits per heavy atom. The van der Waals surface area contributed by atoms with Gasteiger partial charge in [0.05, 0.1) is 11.6 Å². The van der Waals surface area contributed by atoms with E-state index in [1.54, 1.807) is 19.1 Å². The van der Waals surface area contributed by atoms with Gasteiger partial charge in [0.25, 0.3) is 0 Å². The fourth-order valence-electron chi connectivity index (χ4n) is 3.59. The Balaban J connectivity index is 1.95. The van der Waals surface area contributed by atoms with Gasteiger partial charge in [0.15, 0.2) is 5.78 Å². The second-order valence-corrected chi connectivity index (χ2v) is 5.76. The summed E-state index contributed by atoms with van der Waals surface area (Å²) in [6.45, 7) is 3.68. The summed E-state index contributed by atoms with van der Waals surface area (Å²) in [4.78, 5) is 14.1. The molecule has 19 heavy (non-hydrogen) atoms. The van der Waals surface area contributed by atoms with Crippen LogP contribution >= 0.6 is 0 Å². The number of rotatable bonds is 2. The van der Waals surface area contributed by atoms with Crippen molar-refractivity contribution in [3.8, 4) is 6.07 Å². The second-order valence-electron chi connectivity index (χ2n) is 5.76. The minimum atomic E-state index is 0.0801. The third-order valence-electron chi connectivity index (χ3n) is 4.57. The van der Waals surface area contributed by atoms with E-state index in [4.69, 9.17) is 5.26 Å². The molecule has 0 radical (unpaired) electrons. The van der Waals surface area contributed by atoms with Gasteiger partial charge in [-0.3, -0.25) is 4.79 Å². The van der Waals surface area contributed by atoms with E-state index >= 15 is 0 Å². The largest absolute Gasteiger partial charge is 0.370 e. The lowest BCUT2D eigenvalue weighted by atomic mass is 10.0. The molecule has 1 saturated heterocycles. The van der Waals surface area contributed by atoms with Gasteiger partial charge in [-0.2, -0.15) is 5.26 Å². The molecule has 0 amide bonds. The zero-order chi connectivity index (χ0) is 13.4. The third kappa shape index (κ3) is 2.12. The van der Waals surface area contributed by atoms with Gasteiger partial charge in [-0.1, -0.05) is 6.42 Å². The monoisotopic (exact) mass is 254 g/mol. The Morgan fingerprint density at radius 1 is 1.32 bits per heavy atom. The van der Waals surface area contributed by atoms with Crippen molar-refractivity contribution in [2.24, 2.45) is 11.8 Å². The molecule has 0 bridgehead atoms. The maximum Gasteiger partial charge on any atom is 0.161 e. The van der Waals surface area contributed by atoms with Crippen molar-refractivity contribution >= 4 is 11.5 Å². The number of ketones is 1. The van der Waals surface area contributed by atoms with Crippen LogP contribution < -0.4 is 4.90 Å². The van der Waals surface area contributed by atoms with Crippen molar-refractivity contribution in [3.63, 3.8) is 0 Å². The third-order valence-corrected chi connectivity index (χ3v) is 4.57. The van der Waals surface area contributed by atoms with E-state index in [1.807, 2.05) is 6.07 Å². The molecule has 2 fully saturated rings. The van der Waals surface area contributed by atoms with E-state index in [1.165, 1.54) is 19.3 Å². The standard InChI is InChI=1S/C16H18N2O/c1-11(19)15-6-5-12(8-17)7-16(15)18-9-13-3-2-4-14(13)10-18/h5-7,13-14H,2-4,9-10H2,1H3. The lowest BCUT2D eigenvalue weighted by molar-refractivity contribution is 0.101. The summed E-state index contributed by atoms with van der Waals surface area (Å²) in [5.74, 6) is 1.65. The first kappa shape index (κ1) is 12.2. The maximum atomic E-state index is 11.8. The van der Waals surface area contributed by atoms with Crippen LogP contribution in [0.15, 0.2) is 18.2 Å². The lowest BCUT2D eigenvalue weighted by Crippen LogP contribution is -2.23. The first-order valence-corrected chi connectivity index (χ1v) is 6.99. The molecule has 3 heteroatoms. The predicted molar refractivity (Wildman–Crippen MR) is 74.2 cm³/mol. The summed E-state index contributed by atoms with van der Waals surface area (Å²) in [6.07, 6.45) is 3.98. The van der Waals surface area contributed by atoms with Crippen LogP contribution in [0.25, 0.3) is 0 Å². The molecule has 1 aromatic rings. The molecule has 2 aliphatic rings. The highest BCUT2D eigenvalue weighted by atomic mass is 16.1. The zero-order valence-electron chi connectivity index (χ0n) is 11.2. The smallest absolute Gasteiger partial charge is 0.161 e. The maximum absolute atomic E-state index is 11.8. The number of benzene rings is 1. The van der Waals surface area contributed by atoms with Crippen molar-refractivity contribution in [1.82, 2.24) is 0 Å². The highest BCUT2D eigenvalue weighted by Crippen LogP contribution is 2.40. The second kappa shape index (κ2) is 4.70. The number of anilines is 1. The first-order chi connectivity index (χ1) is 9.19. The average Bonchev–Trinajstić information content (AvgIpc) is 2.98. The fraction of sp³-hybridized carbons (Fsp3) is 0.500. The van der Waals surface area contributed by atoms with Gasteiger partial charge in [0.2, 0.25) is 0 Å². The van der Waals surface area contributed by atoms with Gasteiger partial charge < -0.3 is 4.90 Å². The number of hydrogen-bond donors (Lipinski definition) is 0. The highest BCUT2D eigenvalue weighted by molar-refractivity contribution is 6.00. The number of nitrogens with zero attached hydrogens (tertiary/aromatic N) is 2. The Labute approximate surface area is 113 Å². The summed E-state index contributed by atoms with van der Waals surface area (Å²) >= 11 is 0. The molecular formula is C16H18N2O. The van der Waals surface area contributed by atoms with Gasteiger partial charge in [-0.25, -0.2) is 0 Å². The average molecular weight is 254 g/mol. The van der Waals surface area contributed by atoms with Crippen LogP contribution in [-0.2, 0) is 0 Å². The molecule has 0 aromatic heterocycles. The molecule has 0 N–H and O–H groups in total. The van der Waals surface area contributed by atoms with Gasteiger partial charge >= 0.3 is 0 Å². The van der Waals surface area contributed by atoms with Crippen LogP contribution in [0.3, 0.4) is 0 Å². The Morgan fingerprint density at radius 3 is 2.58 bits per heavy atom. The van der Waals surface area contributed by atoms with Crippen LogP contribution in [0.2, 0.25) is 0 Å². The van der Waals surface area contributed by atoms with Crippen LogP contribution in [-0.4, -0.2) is 18.9 Å². The zero-order valence-corrected chi connectivity index (χ0v) is 11.2. The molecule has 3 rings (SSSR count). The van der Waals surface area contributed by atoms with Gasteiger partial charge in [0.1, 0.15) is 0 Å². The Hall–Kier alpha value is -1.82. The molecule has 1 aromatic carbocycles. The van der Waals surface area contributed by atoms with Crippen LogP contribution in [0, 0.1) is 23.2 Å². The molecule has 1 heterocycles. The molecule has 1 aliphatic heterocycles. The number of Topliss-reactive ketones (excluding diaryl/α,β-unsaturated/α-hetero) is 1. The molecule has 1 aliphatic carbocycles. The van der Waals surface area contributed by atoms with Crippen LogP contribution in [0.4, 0.5) is 5.69 Å². The normalized spacial score (nSPS) is 25.2. The van der Waals surface area contributed by atoms with Crippen molar-refractivity contribution in [1.29, 1.82) is 5.26 Å². The van der Waals surface area contributed by atoms with E-state index in [-0.39, 0.29) is 5.78 Å². The molecule has 3 nitrogen and oxygen atoms in total. The predicted octanol–water partition coefficient (Wildman–Crippen LogP) is 3.00. The van der Waals surface area contributed by atoms with Crippen molar-refractivity contribution < 1.29 is 4.79 Å². The quantitative estimate of drug-likeness (QED) is 0.762. The van der Waals surface area contributed by atoms with E-state index in [0.29, 0.717) is 5.56 Å². The van der Waals surface area contributed by atoms with E-state index < -0.39 is 0 Å². The van der Waals surface area contributed by atoms with Gasteiger partial charge in [0, 0.05) is 24.3 Å². The van der Waals surface area contributed by atoms with Gasteiger partial charge in [-0.05, 0) is 49.8 Å². The van der Waals surface area contributed by atoms with Crippen molar-refractivity contribution in [3.05, 3.63) is 29.3 Å². The van der Waals surface area contributed by atoms with E-state index in [0.717, 1.165) is 36.2 Å². The summed E-state index contributed by atoms with van der Waals surface area (Å²) in [5.41, 5.74) is 2.34. The molecule has 0 spiro atoms. The number of hydrogen-bond acceptors (Lipinski definition) is 3. The molecule has 1 saturated carbocycles. The first-order valence-electron chi connectivity index (χ1n) is 6.99. The van der Waals surface area contributed by atoms with Crippen LogP contribution in [0.5, 0.6) is 0 Å². The molecule has 2 atom stereocenters. The summed E-state index contributed by atoms with van der Waals surface area (Å²) in [5, 5.41) is 9.04. The molecular weight excluding hydrogens is 236 g/mol. The summed E-state index contributed by atoms with van der Waals surface area (Å²) in [6, 6.07) is 7.57. The van der Waals surface area contributed by atoms with E-state index in [9.17, 15) is 4.79 Å². The molecule has 98 valence electrons. The number of fused-ring (bicyclic) bond motifs is 1. The highest BCUT2D eigenvalue weighted by Gasteiger charge is 2.36. The van der Waals surface area contributed by atoms with Gasteiger partial charge in [-0.15, -0.1) is 0 Å². The Bertz CT molecular complexity index is 546. The van der Waals surface area contributed by atoms with E-state index in [2.05, 4.69) is 11.0 Å². The van der Waals surface area contributed by atoms with Crippen molar-refractivity contribution in [2.45, 2.75) is 26.2 Å². The van der Waals surface area contributed by atoms with Crippen LogP contribution in [0.1, 0.15) is 42.1 Å².